The summed E-state index contributed by atoms with van der Waals surface area (Å²) in [6.07, 6.45) is 4.39. The molecule has 0 aromatic heterocycles. The van der Waals surface area contributed by atoms with Gasteiger partial charge in [-0.1, -0.05) is 26.2 Å². The van der Waals surface area contributed by atoms with Crippen LogP contribution >= 0.6 is 0 Å². The van der Waals surface area contributed by atoms with Gasteiger partial charge in [-0.05, 0) is 37.6 Å². The maximum atomic E-state index is 12.9. The van der Waals surface area contributed by atoms with Crippen molar-refractivity contribution in [2.24, 2.45) is 0 Å². The summed E-state index contributed by atoms with van der Waals surface area (Å²) >= 11 is 0. The molecule has 1 aromatic rings. The molecule has 28 heavy (non-hydrogen) atoms. The normalized spacial score (nSPS) is 16.4. The molecule has 1 saturated heterocycles. The quantitative estimate of drug-likeness (QED) is 0.490. The van der Waals surface area contributed by atoms with Gasteiger partial charge in [-0.3, -0.25) is 14.4 Å². The molecule has 1 atom stereocenters. The van der Waals surface area contributed by atoms with Crippen LogP contribution < -0.4 is 10.1 Å². The number of carbonyl (C=O) groups excluding carboxylic acids is 3. The molecule has 0 bridgehead atoms. The number of nitrogens with one attached hydrogen (secondary N) is 1. The van der Waals surface area contributed by atoms with Gasteiger partial charge in [0, 0.05) is 18.7 Å². The average molecular weight is 390 g/mol. The van der Waals surface area contributed by atoms with Crippen LogP contribution in [0.2, 0.25) is 0 Å². The molecule has 1 fully saturated rings. The molecule has 1 N–H and O–H groups in total. The molecule has 0 spiro atoms. The number of nitrogens with zero attached hydrogens (tertiary/aromatic N) is 1. The molecule has 0 saturated carbocycles. The molecule has 0 radical (unpaired) electrons. The smallest absolute Gasteiger partial charge is 0.308 e. The third-order valence-electron chi connectivity index (χ3n) is 4.62. The first-order valence-corrected chi connectivity index (χ1v) is 10.0. The van der Waals surface area contributed by atoms with Crippen molar-refractivity contribution in [3.05, 3.63) is 29.8 Å². The molecule has 1 aliphatic rings. The van der Waals surface area contributed by atoms with E-state index in [4.69, 9.17) is 9.47 Å². The first-order chi connectivity index (χ1) is 13.6. The van der Waals surface area contributed by atoms with Crippen molar-refractivity contribution in [2.45, 2.75) is 52.0 Å². The van der Waals surface area contributed by atoms with Crippen LogP contribution in [0.25, 0.3) is 0 Å². The van der Waals surface area contributed by atoms with Gasteiger partial charge in [-0.25, -0.2) is 0 Å². The summed E-state index contributed by atoms with van der Waals surface area (Å²) < 4.78 is 10.6. The summed E-state index contributed by atoms with van der Waals surface area (Å²) in [5.74, 6) is -0.389. The van der Waals surface area contributed by atoms with Crippen molar-refractivity contribution in [2.75, 3.05) is 26.3 Å². The molecular weight excluding hydrogens is 360 g/mol. The summed E-state index contributed by atoms with van der Waals surface area (Å²) in [4.78, 5) is 38.3. The van der Waals surface area contributed by atoms with E-state index in [0.29, 0.717) is 31.0 Å². The van der Waals surface area contributed by atoms with Crippen LogP contribution in [0.1, 0.15) is 56.3 Å². The van der Waals surface area contributed by atoms with Crippen molar-refractivity contribution in [1.29, 1.82) is 0 Å². The molecule has 2 rings (SSSR count). The monoisotopic (exact) mass is 390 g/mol. The Morgan fingerprint density at radius 3 is 2.57 bits per heavy atom. The number of unbranched alkanes of at least 4 members (excludes halogenated alkanes) is 3. The van der Waals surface area contributed by atoms with E-state index in [1.54, 1.807) is 31.2 Å². The van der Waals surface area contributed by atoms with Crippen molar-refractivity contribution >= 4 is 17.8 Å². The van der Waals surface area contributed by atoms with Crippen LogP contribution in [0.4, 0.5) is 0 Å². The second-order valence-corrected chi connectivity index (χ2v) is 6.75. The van der Waals surface area contributed by atoms with E-state index in [0.717, 1.165) is 12.8 Å². The van der Waals surface area contributed by atoms with Gasteiger partial charge in [0.05, 0.1) is 19.6 Å². The fourth-order valence-corrected chi connectivity index (χ4v) is 3.12. The predicted molar refractivity (Wildman–Crippen MR) is 105 cm³/mol. The second kappa shape index (κ2) is 11.3. The van der Waals surface area contributed by atoms with Crippen molar-refractivity contribution in [3.8, 4) is 5.75 Å². The van der Waals surface area contributed by atoms with E-state index in [-0.39, 0.29) is 24.8 Å². The van der Waals surface area contributed by atoms with Gasteiger partial charge in [0.25, 0.3) is 5.91 Å². The van der Waals surface area contributed by atoms with Crippen LogP contribution in [0.3, 0.4) is 0 Å². The Bertz CT molecular complexity index is 659. The van der Waals surface area contributed by atoms with E-state index in [1.165, 1.54) is 17.7 Å². The van der Waals surface area contributed by atoms with Crippen molar-refractivity contribution in [1.82, 2.24) is 10.2 Å². The Balaban J connectivity index is 1.98. The van der Waals surface area contributed by atoms with Crippen LogP contribution in [0, 0.1) is 0 Å². The number of rotatable bonds is 10. The van der Waals surface area contributed by atoms with Gasteiger partial charge in [-0.15, -0.1) is 0 Å². The minimum atomic E-state index is -0.852. The Morgan fingerprint density at radius 1 is 1.14 bits per heavy atom. The van der Waals surface area contributed by atoms with Crippen LogP contribution in [-0.2, 0) is 14.3 Å². The topological polar surface area (TPSA) is 84.9 Å². The molecule has 0 aliphatic carbocycles. The van der Waals surface area contributed by atoms with Crippen LogP contribution in [0.5, 0.6) is 5.75 Å². The minimum absolute atomic E-state index is 0.148. The van der Waals surface area contributed by atoms with E-state index in [1.807, 2.05) is 0 Å². The van der Waals surface area contributed by atoms with Gasteiger partial charge >= 0.3 is 5.97 Å². The van der Waals surface area contributed by atoms with Gasteiger partial charge in [-0.2, -0.15) is 0 Å². The highest BCUT2D eigenvalue weighted by Crippen LogP contribution is 2.18. The number of benzene rings is 1. The van der Waals surface area contributed by atoms with E-state index in [9.17, 15) is 14.4 Å². The van der Waals surface area contributed by atoms with Gasteiger partial charge in [0.2, 0.25) is 5.91 Å². The minimum Gasteiger partial charge on any atom is -0.494 e. The Morgan fingerprint density at radius 2 is 1.89 bits per heavy atom. The third kappa shape index (κ3) is 6.25. The van der Waals surface area contributed by atoms with Crippen molar-refractivity contribution < 1.29 is 23.9 Å². The fraction of sp³-hybridized carbons (Fsp3) is 0.571. The molecular formula is C21H30N2O5. The Labute approximate surface area is 166 Å². The standard InChI is InChI=1S/C21H30N2O5/c1-3-5-6-7-14-28-17-10-8-16(9-11-17)21(26)23-13-12-22-20(25)18(23)15-19(24)27-4-2/h8-11,18H,3-7,12-15H2,1-2H3,(H,22,25). The lowest BCUT2D eigenvalue weighted by Crippen LogP contribution is -2.57. The number of amides is 2. The van der Waals surface area contributed by atoms with Crippen molar-refractivity contribution in [3.63, 3.8) is 0 Å². The highest BCUT2D eigenvalue weighted by atomic mass is 16.5. The molecule has 2 amide bonds. The summed E-state index contributed by atoms with van der Waals surface area (Å²) in [6.45, 7) is 5.48. The highest BCUT2D eigenvalue weighted by molar-refractivity contribution is 5.99. The zero-order valence-corrected chi connectivity index (χ0v) is 16.7. The molecule has 7 heteroatoms. The molecule has 1 aromatic carbocycles. The molecule has 1 aliphatic heterocycles. The number of carbonyl (C=O) groups is 3. The molecule has 1 heterocycles. The SMILES string of the molecule is CCCCCCOc1ccc(C(=O)N2CCNC(=O)C2CC(=O)OCC)cc1. The summed E-state index contributed by atoms with van der Waals surface area (Å²) in [7, 11) is 0. The third-order valence-corrected chi connectivity index (χ3v) is 4.62. The lowest BCUT2D eigenvalue weighted by atomic mass is 10.1. The van der Waals surface area contributed by atoms with Gasteiger partial charge in [0.1, 0.15) is 11.8 Å². The average Bonchev–Trinajstić information content (AvgIpc) is 2.69. The number of hydrogen-bond acceptors (Lipinski definition) is 5. The Hall–Kier alpha value is -2.57. The number of hydrogen-bond donors (Lipinski definition) is 1. The maximum Gasteiger partial charge on any atom is 0.308 e. The van der Waals surface area contributed by atoms with Crippen LogP contribution in [0.15, 0.2) is 24.3 Å². The van der Waals surface area contributed by atoms with Crippen LogP contribution in [-0.4, -0.2) is 55.0 Å². The van der Waals surface area contributed by atoms with E-state index < -0.39 is 12.0 Å². The van der Waals surface area contributed by atoms with E-state index in [2.05, 4.69) is 12.2 Å². The second-order valence-electron chi connectivity index (χ2n) is 6.75. The highest BCUT2D eigenvalue weighted by Gasteiger charge is 2.35. The maximum absolute atomic E-state index is 12.9. The summed E-state index contributed by atoms with van der Waals surface area (Å²) in [5, 5.41) is 2.70. The first-order valence-electron chi connectivity index (χ1n) is 10.0. The lowest BCUT2D eigenvalue weighted by molar-refractivity contribution is -0.147. The lowest BCUT2D eigenvalue weighted by Gasteiger charge is -2.34. The molecule has 154 valence electrons. The zero-order chi connectivity index (χ0) is 20.4. The molecule has 1 unspecified atom stereocenters. The zero-order valence-electron chi connectivity index (χ0n) is 16.7. The van der Waals surface area contributed by atoms with Gasteiger partial charge < -0.3 is 19.7 Å². The predicted octanol–water partition coefficient (Wildman–Crippen LogP) is 2.54. The van der Waals surface area contributed by atoms with E-state index >= 15 is 0 Å². The summed E-state index contributed by atoms with van der Waals surface area (Å²) in [5.41, 5.74) is 0.460. The number of ether oxygens (including phenoxy) is 2. The molecule has 7 nitrogen and oxygen atoms in total. The first kappa shape index (κ1) is 21.7. The van der Waals surface area contributed by atoms with Gasteiger partial charge in [0.15, 0.2) is 0 Å². The Kier molecular flexibility index (Phi) is 8.78. The fourth-order valence-electron chi connectivity index (χ4n) is 3.12. The summed E-state index contributed by atoms with van der Waals surface area (Å²) in [6, 6.07) is 6.05. The number of piperazine rings is 1. The largest absolute Gasteiger partial charge is 0.494 e. The number of esters is 1.